The molecule has 2 saturated heterocycles. The van der Waals surface area contributed by atoms with Crippen LogP contribution in [-0.2, 0) is 9.53 Å². The van der Waals surface area contributed by atoms with Gasteiger partial charge >= 0.3 is 0 Å². The molecule has 25 heavy (non-hydrogen) atoms. The molecular weight excluding hydrogens is 320 g/mol. The molecule has 2 aliphatic carbocycles. The van der Waals surface area contributed by atoms with Crippen LogP contribution in [0.5, 0.6) is 0 Å². The summed E-state index contributed by atoms with van der Waals surface area (Å²) >= 11 is 0. The van der Waals surface area contributed by atoms with Crippen molar-refractivity contribution in [3.63, 3.8) is 0 Å². The average molecular weight is 350 g/mol. The van der Waals surface area contributed by atoms with E-state index in [9.17, 15) is 20.1 Å². The second-order valence-corrected chi connectivity index (χ2v) is 9.46. The van der Waals surface area contributed by atoms with Crippen molar-refractivity contribution in [1.82, 2.24) is 0 Å². The molecule has 0 aromatic carbocycles. The molecule has 0 amide bonds. The maximum Gasteiger partial charge on any atom is 0.198 e. The molecule has 3 fully saturated rings. The van der Waals surface area contributed by atoms with E-state index in [2.05, 4.69) is 20.8 Å². The standard InChI is InChI=1S/C20H30O5/c1-10(2)11-7-15(22)18(3)5-6-19(4)13(16(11)18)8-14-12(9-21)17(23)20(19,24)25-14/h7,10,12-14,16-17,21,23-24H,5-6,8-9H2,1-4H3. The van der Waals surface area contributed by atoms with Crippen LogP contribution in [0, 0.1) is 34.5 Å². The Hall–Kier alpha value is -0.750. The first-order valence-corrected chi connectivity index (χ1v) is 9.55. The predicted molar refractivity (Wildman–Crippen MR) is 91.4 cm³/mol. The van der Waals surface area contributed by atoms with E-state index in [-0.39, 0.29) is 36.2 Å². The Kier molecular flexibility index (Phi) is 3.64. The van der Waals surface area contributed by atoms with Gasteiger partial charge in [0.25, 0.3) is 0 Å². The number of carbonyl (C=O) groups excluding carboxylic acids is 1. The van der Waals surface area contributed by atoms with Crippen molar-refractivity contribution in [2.24, 2.45) is 34.5 Å². The lowest BCUT2D eigenvalue weighted by Crippen LogP contribution is -2.64. The number of hydrogen-bond donors (Lipinski definition) is 3. The molecule has 1 saturated carbocycles. The smallest absolute Gasteiger partial charge is 0.198 e. The minimum absolute atomic E-state index is 0.0568. The summed E-state index contributed by atoms with van der Waals surface area (Å²) < 4.78 is 5.92. The third-order valence-corrected chi connectivity index (χ3v) is 8.09. The Balaban J connectivity index is 1.83. The number of ether oxygens (including phenoxy) is 1. The summed E-state index contributed by atoms with van der Waals surface area (Å²) in [4.78, 5) is 12.8. The predicted octanol–water partition coefficient (Wildman–Crippen LogP) is 1.65. The number of hydrogen-bond acceptors (Lipinski definition) is 5. The molecule has 4 aliphatic rings. The topological polar surface area (TPSA) is 87.0 Å². The summed E-state index contributed by atoms with van der Waals surface area (Å²) in [6.45, 7) is 8.09. The molecule has 8 unspecified atom stereocenters. The van der Waals surface area contributed by atoms with Crippen LogP contribution >= 0.6 is 0 Å². The zero-order chi connectivity index (χ0) is 18.4. The molecule has 0 spiro atoms. The maximum absolute atomic E-state index is 12.8. The third-order valence-electron chi connectivity index (χ3n) is 8.09. The van der Waals surface area contributed by atoms with Crippen LogP contribution in [0.15, 0.2) is 11.6 Å². The van der Waals surface area contributed by atoms with Gasteiger partial charge in [-0.15, -0.1) is 0 Å². The highest BCUT2D eigenvalue weighted by Crippen LogP contribution is 2.68. The number of carbonyl (C=O) groups is 1. The molecule has 0 aromatic heterocycles. The highest BCUT2D eigenvalue weighted by Gasteiger charge is 2.73. The highest BCUT2D eigenvalue weighted by atomic mass is 16.7. The van der Waals surface area contributed by atoms with Gasteiger partial charge in [0.05, 0.1) is 12.7 Å². The van der Waals surface area contributed by atoms with Crippen molar-refractivity contribution < 1.29 is 24.9 Å². The first kappa shape index (κ1) is 17.7. The second kappa shape index (κ2) is 5.16. The fourth-order valence-electron chi connectivity index (χ4n) is 6.37. The van der Waals surface area contributed by atoms with Crippen molar-refractivity contribution in [1.29, 1.82) is 0 Å². The zero-order valence-corrected chi connectivity index (χ0v) is 15.5. The Bertz CT molecular complexity index is 642. The van der Waals surface area contributed by atoms with Crippen LogP contribution in [0.2, 0.25) is 0 Å². The number of fused-ring (bicyclic) bond motifs is 6. The SMILES string of the molecule is CC(C)C1=CC(=O)C2(C)CCC3(C)C(CC4OC3(O)C(O)C4CO)C12. The Labute approximate surface area is 149 Å². The van der Waals surface area contributed by atoms with Gasteiger partial charge in [-0.1, -0.05) is 33.3 Å². The van der Waals surface area contributed by atoms with Crippen LogP contribution < -0.4 is 0 Å². The largest absolute Gasteiger partial charge is 0.396 e. The molecule has 2 bridgehead atoms. The molecule has 0 radical (unpaired) electrons. The summed E-state index contributed by atoms with van der Waals surface area (Å²) in [6.07, 6.45) is 2.36. The molecule has 2 aliphatic heterocycles. The molecule has 140 valence electrons. The fraction of sp³-hybridized carbons (Fsp3) is 0.850. The quantitative estimate of drug-likeness (QED) is 0.705. The van der Waals surface area contributed by atoms with E-state index in [1.807, 2.05) is 13.0 Å². The van der Waals surface area contributed by atoms with E-state index in [0.29, 0.717) is 19.3 Å². The minimum Gasteiger partial charge on any atom is -0.396 e. The number of allylic oxidation sites excluding steroid dienone is 2. The van der Waals surface area contributed by atoms with Gasteiger partial charge in [-0.2, -0.15) is 0 Å². The Morgan fingerprint density at radius 1 is 1.32 bits per heavy atom. The minimum atomic E-state index is -1.65. The van der Waals surface area contributed by atoms with Gasteiger partial charge in [0.1, 0.15) is 6.10 Å². The third kappa shape index (κ3) is 1.90. The molecule has 3 N–H and O–H groups in total. The maximum atomic E-state index is 12.8. The molecule has 4 rings (SSSR count). The van der Waals surface area contributed by atoms with E-state index in [4.69, 9.17) is 4.74 Å². The number of rotatable bonds is 2. The van der Waals surface area contributed by atoms with Crippen molar-refractivity contribution in [3.8, 4) is 0 Å². The van der Waals surface area contributed by atoms with Crippen LogP contribution in [-0.4, -0.2) is 45.7 Å². The lowest BCUT2D eigenvalue weighted by molar-refractivity contribution is -0.339. The van der Waals surface area contributed by atoms with E-state index >= 15 is 0 Å². The summed E-state index contributed by atoms with van der Waals surface area (Å²) in [5.41, 5.74) is 0.120. The van der Waals surface area contributed by atoms with Crippen LogP contribution in [0.3, 0.4) is 0 Å². The summed E-state index contributed by atoms with van der Waals surface area (Å²) in [6, 6.07) is 0. The molecule has 5 nitrogen and oxygen atoms in total. The van der Waals surface area contributed by atoms with Gasteiger partial charge in [-0.25, -0.2) is 0 Å². The van der Waals surface area contributed by atoms with E-state index in [0.717, 1.165) is 0 Å². The first-order valence-electron chi connectivity index (χ1n) is 9.55. The van der Waals surface area contributed by atoms with Crippen molar-refractivity contribution >= 4 is 5.78 Å². The number of ketones is 1. The summed E-state index contributed by atoms with van der Waals surface area (Å²) in [5, 5.41) is 31.8. The van der Waals surface area contributed by atoms with Gasteiger partial charge in [0, 0.05) is 16.7 Å². The van der Waals surface area contributed by atoms with E-state index in [1.54, 1.807) is 0 Å². The number of aliphatic hydroxyl groups is 3. The van der Waals surface area contributed by atoms with E-state index < -0.39 is 28.6 Å². The van der Waals surface area contributed by atoms with Crippen LogP contribution in [0.4, 0.5) is 0 Å². The average Bonchev–Trinajstić information content (AvgIpc) is 2.94. The summed E-state index contributed by atoms with van der Waals surface area (Å²) in [5.74, 6) is -1.52. The molecule has 0 aromatic rings. The lowest BCUT2D eigenvalue weighted by Gasteiger charge is -2.59. The Morgan fingerprint density at radius 3 is 2.60 bits per heavy atom. The van der Waals surface area contributed by atoms with Gasteiger partial charge in [-0.05, 0) is 43.1 Å². The lowest BCUT2D eigenvalue weighted by atomic mass is 9.49. The molecule has 5 heteroatoms. The van der Waals surface area contributed by atoms with Gasteiger partial charge < -0.3 is 20.1 Å². The molecule has 8 atom stereocenters. The van der Waals surface area contributed by atoms with Crippen molar-refractivity contribution in [2.45, 2.75) is 65.0 Å². The van der Waals surface area contributed by atoms with Crippen molar-refractivity contribution in [3.05, 3.63) is 11.6 Å². The van der Waals surface area contributed by atoms with Gasteiger partial charge in [0.15, 0.2) is 11.6 Å². The summed E-state index contributed by atoms with van der Waals surface area (Å²) in [7, 11) is 0. The van der Waals surface area contributed by atoms with Gasteiger partial charge in [0.2, 0.25) is 0 Å². The zero-order valence-electron chi connectivity index (χ0n) is 15.5. The molecule has 2 heterocycles. The Morgan fingerprint density at radius 2 is 2.00 bits per heavy atom. The van der Waals surface area contributed by atoms with E-state index in [1.165, 1.54) is 5.57 Å². The number of aliphatic hydroxyl groups excluding tert-OH is 2. The van der Waals surface area contributed by atoms with Gasteiger partial charge in [-0.3, -0.25) is 4.79 Å². The first-order chi connectivity index (χ1) is 11.6. The second-order valence-electron chi connectivity index (χ2n) is 9.46. The highest BCUT2D eigenvalue weighted by molar-refractivity contribution is 5.99. The van der Waals surface area contributed by atoms with Crippen LogP contribution in [0.25, 0.3) is 0 Å². The molecular formula is C20H30O5. The van der Waals surface area contributed by atoms with Crippen LogP contribution in [0.1, 0.15) is 47.0 Å². The normalized spacial score (nSPS) is 54.5. The van der Waals surface area contributed by atoms with Crippen molar-refractivity contribution in [2.75, 3.05) is 6.61 Å². The monoisotopic (exact) mass is 350 g/mol. The fourth-order valence-corrected chi connectivity index (χ4v) is 6.37.